The predicted molar refractivity (Wildman–Crippen MR) is 109 cm³/mol. The van der Waals surface area contributed by atoms with E-state index in [-0.39, 0.29) is 29.7 Å². The van der Waals surface area contributed by atoms with Crippen molar-refractivity contribution >= 4 is 44.8 Å². The summed E-state index contributed by atoms with van der Waals surface area (Å²) in [6, 6.07) is 12.6. The van der Waals surface area contributed by atoms with Crippen LogP contribution < -0.4 is 10.2 Å². The van der Waals surface area contributed by atoms with E-state index >= 15 is 0 Å². The Morgan fingerprint density at radius 1 is 1.24 bits per heavy atom. The molecule has 1 aliphatic rings. The second-order valence-electron chi connectivity index (χ2n) is 6.50. The zero-order valence-electron chi connectivity index (χ0n) is 15.8. The Morgan fingerprint density at radius 2 is 1.93 bits per heavy atom. The van der Waals surface area contributed by atoms with Crippen molar-refractivity contribution in [2.24, 2.45) is 5.92 Å². The summed E-state index contributed by atoms with van der Waals surface area (Å²) >= 11 is 5.98. The molecule has 0 saturated carbocycles. The first-order valence-electron chi connectivity index (χ1n) is 8.72. The lowest BCUT2D eigenvalue weighted by atomic mass is 10.1. The molecule has 1 aliphatic heterocycles. The zero-order chi connectivity index (χ0) is 21.2. The number of amides is 2. The van der Waals surface area contributed by atoms with Crippen LogP contribution in [0.3, 0.4) is 0 Å². The molecule has 154 valence electrons. The minimum atomic E-state index is -3.76. The molecule has 1 heterocycles. The number of hydrogen-bond acceptors (Lipinski definition) is 5. The van der Waals surface area contributed by atoms with E-state index in [2.05, 4.69) is 5.32 Å². The standard InChI is InChI=1S/C19H20ClN3O5S/c1-22(28-2)29(26,27)17-8-6-15(7-9-17)21-19(25)13-10-18(24)23(12-13)16-5-3-4-14(20)11-16/h3-9,11,13H,10,12H2,1-2H3,(H,21,25). The van der Waals surface area contributed by atoms with Gasteiger partial charge in [-0.05, 0) is 42.5 Å². The normalized spacial score (nSPS) is 17.0. The number of nitrogens with zero attached hydrogens (tertiary/aromatic N) is 2. The number of halogens is 1. The lowest BCUT2D eigenvalue weighted by molar-refractivity contribution is -0.122. The molecule has 0 spiro atoms. The third-order valence-corrected chi connectivity index (χ3v) is 6.56. The molecule has 29 heavy (non-hydrogen) atoms. The van der Waals surface area contributed by atoms with Crippen LogP contribution in [0.15, 0.2) is 53.4 Å². The van der Waals surface area contributed by atoms with Crippen molar-refractivity contribution in [1.82, 2.24) is 4.47 Å². The van der Waals surface area contributed by atoms with Gasteiger partial charge in [0.15, 0.2) is 0 Å². The fraction of sp³-hybridized carbons (Fsp3) is 0.263. The lowest BCUT2D eigenvalue weighted by Gasteiger charge is -2.17. The number of anilines is 2. The molecule has 0 bridgehead atoms. The molecule has 1 atom stereocenters. The maximum absolute atomic E-state index is 12.6. The summed E-state index contributed by atoms with van der Waals surface area (Å²) in [5.41, 5.74) is 1.08. The van der Waals surface area contributed by atoms with E-state index in [1.54, 1.807) is 24.3 Å². The molecule has 1 fully saturated rings. The van der Waals surface area contributed by atoms with Gasteiger partial charge < -0.3 is 10.2 Å². The molecule has 1 N–H and O–H groups in total. The summed E-state index contributed by atoms with van der Waals surface area (Å²) in [5, 5.41) is 3.24. The van der Waals surface area contributed by atoms with Crippen molar-refractivity contribution < 1.29 is 22.8 Å². The van der Waals surface area contributed by atoms with Crippen molar-refractivity contribution in [3.8, 4) is 0 Å². The van der Waals surface area contributed by atoms with Gasteiger partial charge in [-0.15, -0.1) is 0 Å². The van der Waals surface area contributed by atoms with E-state index in [0.29, 0.717) is 16.4 Å². The lowest BCUT2D eigenvalue weighted by Crippen LogP contribution is -2.28. The Hall–Kier alpha value is -2.46. The Morgan fingerprint density at radius 3 is 2.55 bits per heavy atom. The summed E-state index contributed by atoms with van der Waals surface area (Å²) in [5.74, 6) is -0.992. The van der Waals surface area contributed by atoms with Gasteiger partial charge in [-0.1, -0.05) is 22.1 Å². The van der Waals surface area contributed by atoms with Gasteiger partial charge in [-0.2, -0.15) is 0 Å². The molecule has 1 unspecified atom stereocenters. The summed E-state index contributed by atoms with van der Waals surface area (Å²) in [7, 11) is -1.23. The van der Waals surface area contributed by atoms with E-state index < -0.39 is 15.9 Å². The second kappa shape index (κ2) is 8.50. The van der Waals surface area contributed by atoms with Crippen LogP contribution in [0.25, 0.3) is 0 Å². The molecule has 2 aromatic rings. The summed E-state index contributed by atoms with van der Waals surface area (Å²) in [4.78, 5) is 31.2. The van der Waals surface area contributed by atoms with Crippen molar-refractivity contribution in [3.63, 3.8) is 0 Å². The van der Waals surface area contributed by atoms with E-state index in [9.17, 15) is 18.0 Å². The van der Waals surface area contributed by atoms with Gasteiger partial charge in [0, 0.05) is 36.4 Å². The van der Waals surface area contributed by atoms with Crippen LogP contribution in [0.2, 0.25) is 5.02 Å². The van der Waals surface area contributed by atoms with Crippen molar-refractivity contribution in [2.75, 3.05) is 30.9 Å². The first-order chi connectivity index (χ1) is 13.7. The molecule has 0 aliphatic carbocycles. The minimum Gasteiger partial charge on any atom is -0.326 e. The fourth-order valence-corrected chi connectivity index (χ4v) is 4.14. The quantitative estimate of drug-likeness (QED) is 0.700. The third-order valence-electron chi connectivity index (χ3n) is 4.63. The molecule has 2 amide bonds. The highest BCUT2D eigenvalue weighted by Gasteiger charge is 2.35. The molecular formula is C19H20ClN3O5S. The number of hydrogen-bond donors (Lipinski definition) is 1. The van der Waals surface area contributed by atoms with Crippen LogP contribution in [0.1, 0.15) is 6.42 Å². The largest absolute Gasteiger partial charge is 0.326 e. The van der Waals surface area contributed by atoms with E-state index in [0.717, 1.165) is 4.47 Å². The predicted octanol–water partition coefficient (Wildman–Crippen LogP) is 2.51. The number of sulfonamides is 1. The van der Waals surface area contributed by atoms with Crippen LogP contribution in [-0.4, -0.2) is 45.4 Å². The van der Waals surface area contributed by atoms with Crippen LogP contribution in [0.5, 0.6) is 0 Å². The summed E-state index contributed by atoms with van der Waals surface area (Å²) < 4.78 is 25.1. The number of carbonyl (C=O) groups excluding carboxylic acids is 2. The van der Waals surface area contributed by atoms with Gasteiger partial charge >= 0.3 is 0 Å². The molecular weight excluding hydrogens is 418 g/mol. The SMILES string of the molecule is CON(C)S(=O)(=O)c1ccc(NC(=O)C2CC(=O)N(c3cccc(Cl)c3)C2)cc1. The highest BCUT2D eigenvalue weighted by Crippen LogP contribution is 2.28. The Kier molecular flexibility index (Phi) is 6.23. The smallest absolute Gasteiger partial charge is 0.264 e. The summed E-state index contributed by atoms with van der Waals surface area (Å²) in [6.07, 6.45) is 0.0867. The Bertz CT molecular complexity index is 1030. The Balaban J connectivity index is 1.67. The fourth-order valence-electron chi connectivity index (χ4n) is 2.98. The molecule has 2 aromatic carbocycles. The van der Waals surface area contributed by atoms with Crippen molar-refractivity contribution in [3.05, 3.63) is 53.6 Å². The molecule has 3 rings (SSSR count). The van der Waals surface area contributed by atoms with E-state index in [1.807, 2.05) is 0 Å². The maximum Gasteiger partial charge on any atom is 0.264 e. The molecule has 8 nitrogen and oxygen atoms in total. The van der Waals surface area contributed by atoms with Crippen LogP contribution in [0.4, 0.5) is 11.4 Å². The van der Waals surface area contributed by atoms with Gasteiger partial charge in [-0.25, -0.2) is 8.42 Å². The number of carbonyl (C=O) groups is 2. The van der Waals surface area contributed by atoms with Crippen molar-refractivity contribution in [1.29, 1.82) is 0 Å². The van der Waals surface area contributed by atoms with Gasteiger partial charge in [0.25, 0.3) is 10.0 Å². The molecule has 0 radical (unpaired) electrons. The van der Waals surface area contributed by atoms with E-state index in [1.165, 1.54) is 43.3 Å². The van der Waals surface area contributed by atoms with Gasteiger partial charge in [-0.3, -0.25) is 14.4 Å². The van der Waals surface area contributed by atoms with Crippen LogP contribution in [-0.2, 0) is 24.4 Å². The Labute approximate surface area is 174 Å². The van der Waals surface area contributed by atoms with Crippen molar-refractivity contribution in [2.45, 2.75) is 11.3 Å². The van der Waals surface area contributed by atoms with Gasteiger partial charge in [0.2, 0.25) is 11.8 Å². The first-order valence-corrected chi connectivity index (χ1v) is 10.5. The number of nitrogens with one attached hydrogen (secondary N) is 1. The second-order valence-corrected chi connectivity index (χ2v) is 8.87. The van der Waals surface area contributed by atoms with Crippen LogP contribution >= 0.6 is 11.6 Å². The highest BCUT2D eigenvalue weighted by atomic mass is 35.5. The average Bonchev–Trinajstić information content (AvgIpc) is 3.09. The van der Waals surface area contributed by atoms with Gasteiger partial charge in [0.1, 0.15) is 0 Å². The zero-order valence-corrected chi connectivity index (χ0v) is 17.4. The monoisotopic (exact) mass is 437 g/mol. The third kappa shape index (κ3) is 4.59. The molecule has 0 aromatic heterocycles. The number of rotatable bonds is 6. The number of benzene rings is 2. The highest BCUT2D eigenvalue weighted by molar-refractivity contribution is 7.89. The maximum atomic E-state index is 12.6. The average molecular weight is 438 g/mol. The number of hydroxylamine groups is 1. The van der Waals surface area contributed by atoms with E-state index in [4.69, 9.17) is 16.4 Å². The molecule has 1 saturated heterocycles. The molecule has 10 heteroatoms. The topological polar surface area (TPSA) is 96.0 Å². The van der Waals surface area contributed by atoms with Gasteiger partial charge in [0.05, 0.1) is 17.9 Å². The first kappa shape index (κ1) is 21.3. The minimum absolute atomic E-state index is 0.0306. The summed E-state index contributed by atoms with van der Waals surface area (Å²) in [6.45, 7) is 0.246. The van der Waals surface area contributed by atoms with Crippen LogP contribution in [0, 0.1) is 5.92 Å².